The molecule has 20 heavy (non-hydrogen) atoms. The van der Waals surface area contributed by atoms with Gasteiger partial charge in [0.25, 0.3) is 0 Å². The van der Waals surface area contributed by atoms with Gasteiger partial charge in [-0.15, -0.1) is 11.3 Å². The lowest BCUT2D eigenvalue weighted by molar-refractivity contribution is 0.561. The Morgan fingerprint density at radius 2 is 2.25 bits per heavy atom. The van der Waals surface area contributed by atoms with E-state index in [1.165, 1.54) is 10.9 Å². The Labute approximate surface area is 120 Å². The fraction of sp³-hybridized carbons (Fsp3) is 0.286. The maximum absolute atomic E-state index is 13.3. The van der Waals surface area contributed by atoms with Gasteiger partial charge in [-0.3, -0.25) is 4.68 Å². The third kappa shape index (κ3) is 2.44. The average Bonchev–Trinajstić information content (AvgIpc) is 3.01. The molecule has 2 heterocycles. The van der Waals surface area contributed by atoms with Gasteiger partial charge in [-0.1, -0.05) is 0 Å². The molecule has 0 radical (unpaired) electrons. The quantitative estimate of drug-likeness (QED) is 0.803. The summed E-state index contributed by atoms with van der Waals surface area (Å²) in [6, 6.07) is 7.09. The topological polar surface area (TPSA) is 42.7 Å². The second kappa shape index (κ2) is 5.30. The lowest BCUT2D eigenvalue weighted by atomic mass is 10.1. The summed E-state index contributed by atoms with van der Waals surface area (Å²) in [6.07, 6.45) is 2.31. The molecule has 6 heteroatoms. The van der Waals surface area contributed by atoms with E-state index >= 15 is 0 Å². The van der Waals surface area contributed by atoms with E-state index in [1.54, 1.807) is 28.4 Å². The van der Waals surface area contributed by atoms with Crippen molar-refractivity contribution in [2.45, 2.75) is 12.5 Å². The monoisotopic (exact) mass is 290 g/mol. The van der Waals surface area contributed by atoms with Crippen LogP contribution in [0.2, 0.25) is 0 Å². The van der Waals surface area contributed by atoms with E-state index in [0.29, 0.717) is 0 Å². The highest BCUT2D eigenvalue weighted by Gasteiger charge is 2.16. The van der Waals surface area contributed by atoms with Crippen LogP contribution in [0.3, 0.4) is 0 Å². The van der Waals surface area contributed by atoms with Gasteiger partial charge in [0.2, 0.25) is 0 Å². The molecule has 1 N–H and O–H groups in total. The highest BCUT2D eigenvalue weighted by Crippen LogP contribution is 2.31. The first-order chi connectivity index (χ1) is 9.67. The Morgan fingerprint density at radius 1 is 1.40 bits per heavy atom. The van der Waals surface area contributed by atoms with Crippen molar-refractivity contribution in [2.75, 3.05) is 7.05 Å². The summed E-state index contributed by atoms with van der Waals surface area (Å²) < 4.78 is 16.1. The Balaban J connectivity index is 1.92. The molecule has 1 aromatic carbocycles. The van der Waals surface area contributed by atoms with Gasteiger partial charge in [0.1, 0.15) is 18.0 Å². The standard InChI is InChI=1S/C14H15FN4S/c1-16-11(7-14-17-8-18-19(14)2)13-6-9-5-10(15)3-4-12(9)20-13/h3-6,8,11,16H,7H2,1-2H3. The third-order valence-corrected chi connectivity index (χ3v) is 4.61. The van der Waals surface area contributed by atoms with Gasteiger partial charge in [0.15, 0.2) is 0 Å². The van der Waals surface area contributed by atoms with E-state index < -0.39 is 0 Å². The zero-order valence-corrected chi connectivity index (χ0v) is 12.1. The summed E-state index contributed by atoms with van der Waals surface area (Å²) in [6.45, 7) is 0. The van der Waals surface area contributed by atoms with Crippen LogP contribution in [0.1, 0.15) is 16.7 Å². The highest BCUT2D eigenvalue weighted by molar-refractivity contribution is 7.19. The number of fused-ring (bicyclic) bond motifs is 1. The van der Waals surface area contributed by atoms with Gasteiger partial charge in [-0.25, -0.2) is 9.37 Å². The molecule has 0 saturated carbocycles. The SMILES string of the molecule is CNC(Cc1ncnn1C)c1cc2cc(F)ccc2s1. The molecule has 0 bridgehead atoms. The predicted molar refractivity (Wildman–Crippen MR) is 78.3 cm³/mol. The molecular weight excluding hydrogens is 275 g/mol. The van der Waals surface area contributed by atoms with E-state index in [9.17, 15) is 4.39 Å². The van der Waals surface area contributed by atoms with Gasteiger partial charge in [-0.05, 0) is 36.7 Å². The van der Waals surface area contributed by atoms with E-state index in [-0.39, 0.29) is 11.9 Å². The number of likely N-dealkylation sites (N-methyl/N-ethyl adjacent to an activating group) is 1. The number of aromatic nitrogens is 3. The summed E-state index contributed by atoms with van der Waals surface area (Å²) in [4.78, 5) is 5.43. The van der Waals surface area contributed by atoms with Crippen LogP contribution in [0.15, 0.2) is 30.6 Å². The van der Waals surface area contributed by atoms with Crippen molar-refractivity contribution in [3.05, 3.63) is 47.1 Å². The zero-order chi connectivity index (χ0) is 14.1. The minimum absolute atomic E-state index is 0.151. The molecule has 3 aromatic rings. The summed E-state index contributed by atoms with van der Waals surface area (Å²) >= 11 is 1.68. The smallest absolute Gasteiger partial charge is 0.138 e. The minimum atomic E-state index is -0.198. The van der Waals surface area contributed by atoms with Crippen LogP contribution < -0.4 is 5.32 Å². The van der Waals surface area contributed by atoms with Gasteiger partial charge in [-0.2, -0.15) is 5.10 Å². The van der Waals surface area contributed by atoms with Crippen LogP contribution in [0.4, 0.5) is 4.39 Å². The van der Waals surface area contributed by atoms with Crippen LogP contribution >= 0.6 is 11.3 Å². The molecule has 0 amide bonds. The minimum Gasteiger partial charge on any atom is -0.312 e. The Hall–Kier alpha value is -1.79. The number of hydrogen-bond donors (Lipinski definition) is 1. The molecule has 0 aliphatic rings. The average molecular weight is 290 g/mol. The third-order valence-electron chi connectivity index (χ3n) is 3.38. The zero-order valence-electron chi connectivity index (χ0n) is 11.3. The first-order valence-corrected chi connectivity index (χ1v) is 7.18. The molecule has 0 aliphatic heterocycles. The first-order valence-electron chi connectivity index (χ1n) is 6.36. The Morgan fingerprint density at radius 3 is 2.95 bits per heavy atom. The van der Waals surface area contributed by atoms with Gasteiger partial charge in [0.05, 0.1) is 0 Å². The van der Waals surface area contributed by atoms with E-state index in [2.05, 4.69) is 15.4 Å². The lowest BCUT2D eigenvalue weighted by Crippen LogP contribution is -2.19. The summed E-state index contributed by atoms with van der Waals surface area (Å²) in [7, 11) is 3.81. The molecule has 0 spiro atoms. The van der Waals surface area contributed by atoms with E-state index in [0.717, 1.165) is 22.3 Å². The summed E-state index contributed by atoms with van der Waals surface area (Å²) in [5, 5.41) is 8.33. The molecule has 3 rings (SSSR count). The maximum atomic E-state index is 13.3. The Bertz CT molecular complexity index is 734. The molecule has 0 saturated heterocycles. The van der Waals surface area contributed by atoms with Crippen molar-refractivity contribution in [1.82, 2.24) is 20.1 Å². The van der Waals surface area contributed by atoms with Crippen molar-refractivity contribution in [3.8, 4) is 0 Å². The number of rotatable bonds is 4. The summed E-state index contributed by atoms with van der Waals surface area (Å²) in [5.74, 6) is 0.726. The fourth-order valence-corrected chi connectivity index (χ4v) is 3.39. The lowest BCUT2D eigenvalue weighted by Gasteiger charge is -2.13. The van der Waals surface area contributed by atoms with Crippen LogP contribution in [-0.4, -0.2) is 21.8 Å². The predicted octanol–water partition coefficient (Wildman–Crippen LogP) is 2.67. The first kappa shape index (κ1) is 13.2. The van der Waals surface area contributed by atoms with Gasteiger partial charge in [0, 0.05) is 29.1 Å². The number of nitrogens with zero attached hydrogens (tertiary/aromatic N) is 3. The van der Waals surface area contributed by atoms with E-state index in [1.807, 2.05) is 26.2 Å². The normalized spacial score (nSPS) is 12.9. The molecule has 1 unspecified atom stereocenters. The molecule has 1 atom stereocenters. The largest absolute Gasteiger partial charge is 0.312 e. The number of benzene rings is 1. The molecule has 0 aliphatic carbocycles. The van der Waals surface area contributed by atoms with Crippen molar-refractivity contribution < 1.29 is 4.39 Å². The molecule has 104 valence electrons. The van der Waals surface area contributed by atoms with Crippen LogP contribution in [0.5, 0.6) is 0 Å². The van der Waals surface area contributed by atoms with Gasteiger partial charge < -0.3 is 5.32 Å². The fourth-order valence-electron chi connectivity index (χ4n) is 2.24. The van der Waals surface area contributed by atoms with E-state index in [4.69, 9.17) is 0 Å². The Kier molecular flexibility index (Phi) is 3.50. The van der Waals surface area contributed by atoms with Crippen molar-refractivity contribution in [2.24, 2.45) is 7.05 Å². The number of thiophene rings is 1. The van der Waals surface area contributed by atoms with Crippen LogP contribution in [-0.2, 0) is 13.5 Å². The molecule has 0 fully saturated rings. The summed E-state index contributed by atoms with van der Waals surface area (Å²) in [5.41, 5.74) is 0. The van der Waals surface area contributed by atoms with Crippen LogP contribution in [0.25, 0.3) is 10.1 Å². The number of aryl methyl sites for hydroxylation is 1. The maximum Gasteiger partial charge on any atom is 0.138 e. The van der Waals surface area contributed by atoms with Gasteiger partial charge >= 0.3 is 0 Å². The van der Waals surface area contributed by atoms with Crippen molar-refractivity contribution in [3.63, 3.8) is 0 Å². The van der Waals surface area contributed by atoms with Crippen molar-refractivity contribution in [1.29, 1.82) is 0 Å². The molecular formula is C14H15FN4S. The second-order valence-electron chi connectivity index (χ2n) is 4.68. The number of nitrogens with one attached hydrogen (secondary N) is 1. The highest BCUT2D eigenvalue weighted by atomic mass is 32.1. The second-order valence-corrected chi connectivity index (χ2v) is 5.79. The number of hydrogen-bond acceptors (Lipinski definition) is 4. The van der Waals surface area contributed by atoms with Crippen molar-refractivity contribution >= 4 is 21.4 Å². The molecule has 4 nitrogen and oxygen atoms in total. The molecule has 2 aromatic heterocycles. The number of halogens is 1. The van der Waals surface area contributed by atoms with Crippen LogP contribution in [0, 0.1) is 5.82 Å².